The van der Waals surface area contributed by atoms with Crippen LogP contribution in [0.4, 0.5) is 17.6 Å². The van der Waals surface area contributed by atoms with Crippen LogP contribution in [0.1, 0.15) is 29.6 Å². The third-order valence-corrected chi connectivity index (χ3v) is 3.13. The minimum atomic E-state index is -2.72. The summed E-state index contributed by atoms with van der Waals surface area (Å²) >= 11 is 0. The summed E-state index contributed by atoms with van der Waals surface area (Å²) in [6.45, 7) is -0.163. The van der Waals surface area contributed by atoms with E-state index >= 15 is 0 Å². The van der Waals surface area contributed by atoms with Gasteiger partial charge in [-0.05, 0) is 24.5 Å². The number of hydrogen-bond donors (Lipinski definition) is 0. The molecule has 0 spiro atoms. The molecule has 1 aromatic rings. The molecule has 2 rings (SSSR count). The van der Waals surface area contributed by atoms with E-state index in [0.29, 0.717) is 6.29 Å². The Kier molecular flexibility index (Phi) is 3.78. The number of alkyl halides is 2. The summed E-state index contributed by atoms with van der Waals surface area (Å²) in [6, 6.07) is 1.68. The van der Waals surface area contributed by atoms with Crippen LogP contribution in [0.3, 0.4) is 0 Å². The molecule has 0 amide bonds. The van der Waals surface area contributed by atoms with Crippen LogP contribution in [0, 0.1) is 17.6 Å². The molecule has 0 aromatic heterocycles. The number of hydrogen-bond acceptors (Lipinski definition) is 2. The first-order chi connectivity index (χ1) is 8.91. The van der Waals surface area contributed by atoms with Crippen LogP contribution >= 0.6 is 0 Å². The zero-order valence-electron chi connectivity index (χ0n) is 9.97. The van der Waals surface area contributed by atoms with E-state index in [1.807, 2.05) is 0 Å². The molecule has 1 aliphatic carbocycles. The molecule has 0 radical (unpaired) electrons. The van der Waals surface area contributed by atoms with Crippen molar-refractivity contribution in [2.24, 2.45) is 5.92 Å². The number of ether oxygens (including phenoxy) is 1. The number of carbonyl (C=O) groups is 1. The molecule has 0 saturated heterocycles. The largest absolute Gasteiger partial charge is 0.487 e. The van der Waals surface area contributed by atoms with Crippen molar-refractivity contribution in [3.05, 3.63) is 29.3 Å². The Hall–Kier alpha value is -1.59. The monoisotopic (exact) mass is 276 g/mol. The lowest BCUT2D eigenvalue weighted by Gasteiger charge is -2.13. The summed E-state index contributed by atoms with van der Waals surface area (Å²) in [7, 11) is 0. The fourth-order valence-electron chi connectivity index (χ4n) is 2.17. The molecule has 0 N–H and O–H groups in total. The summed E-state index contributed by atoms with van der Waals surface area (Å²) < 4.78 is 57.7. The van der Waals surface area contributed by atoms with Gasteiger partial charge in [0.2, 0.25) is 5.92 Å². The molecule has 1 fully saturated rings. The van der Waals surface area contributed by atoms with Crippen molar-refractivity contribution in [1.29, 1.82) is 0 Å². The van der Waals surface area contributed by atoms with Gasteiger partial charge in [-0.3, -0.25) is 4.79 Å². The number of benzene rings is 1. The zero-order valence-corrected chi connectivity index (χ0v) is 9.97. The van der Waals surface area contributed by atoms with Crippen LogP contribution in [-0.4, -0.2) is 18.8 Å². The van der Waals surface area contributed by atoms with Gasteiger partial charge in [0.25, 0.3) is 0 Å². The van der Waals surface area contributed by atoms with E-state index in [9.17, 15) is 22.4 Å². The smallest absolute Gasteiger partial charge is 0.248 e. The van der Waals surface area contributed by atoms with Crippen LogP contribution < -0.4 is 4.74 Å². The van der Waals surface area contributed by atoms with Crippen LogP contribution in [0.15, 0.2) is 12.1 Å². The van der Waals surface area contributed by atoms with Crippen LogP contribution in [0.25, 0.3) is 0 Å². The van der Waals surface area contributed by atoms with Crippen molar-refractivity contribution in [3.8, 4) is 5.75 Å². The molecule has 0 aliphatic heterocycles. The van der Waals surface area contributed by atoms with Crippen molar-refractivity contribution >= 4 is 6.29 Å². The Morgan fingerprint density at radius 2 is 1.95 bits per heavy atom. The minimum Gasteiger partial charge on any atom is -0.487 e. The SMILES string of the molecule is O=Cc1cc(F)c(OCC2CCC(F)(F)C2)c(F)c1. The predicted molar refractivity (Wildman–Crippen MR) is 59.5 cm³/mol. The highest BCUT2D eigenvalue weighted by Gasteiger charge is 2.39. The Morgan fingerprint density at radius 1 is 1.32 bits per heavy atom. The summed E-state index contributed by atoms with van der Waals surface area (Å²) in [5.41, 5.74) is -0.144. The molecule has 6 heteroatoms. The van der Waals surface area contributed by atoms with Crippen molar-refractivity contribution < 1.29 is 27.1 Å². The molecule has 2 nitrogen and oxygen atoms in total. The second kappa shape index (κ2) is 5.19. The molecule has 1 atom stereocenters. The fourth-order valence-corrected chi connectivity index (χ4v) is 2.17. The van der Waals surface area contributed by atoms with Gasteiger partial charge < -0.3 is 4.74 Å². The van der Waals surface area contributed by atoms with E-state index in [0.717, 1.165) is 12.1 Å². The molecule has 19 heavy (non-hydrogen) atoms. The topological polar surface area (TPSA) is 26.3 Å². The first-order valence-corrected chi connectivity index (χ1v) is 5.86. The van der Waals surface area contributed by atoms with Crippen molar-refractivity contribution in [1.82, 2.24) is 0 Å². The quantitative estimate of drug-likeness (QED) is 0.620. The van der Waals surface area contributed by atoms with E-state index in [-0.39, 0.29) is 31.4 Å². The first kappa shape index (κ1) is 13.8. The normalized spacial score (nSPS) is 21.4. The average Bonchev–Trinajstić information content (AvgIpc) is 2.67. The lowest BCUT2D eigenvalue weighted by atomic mass is 10.1. The standard InChI is InChI=1S/C13H12F4O2/c14-10-3-9(6-18)4-11(15)12(10)19-7-8-1-2-13(16,17)5-8/h3-4,6,8H,1-2,5,7H2. The van der Waals surface area contributed by atoms with Gasteiger partial charge in [0.1, 0.15) is 6.29 Å². The van der Waals surface area contributed by atoms with Gasteiger partial charge in [0, 0.05) is 18.4 Å². The molecule has 1 aromatic carbocycles. The molecule has 1 unspecified atom stereocenters. The third kappa shape index (κ3) is 3.24. The van der Waals surface area contributed by atoms with E-state index in [1.165, 1.54) is 0 Å². The molecule has 0 bridgehead atoms. The third-order valence-electron chi connectivity index (χ3n) is 3.13. The predicted octanol–water partition coefficient (Wildman–Crippen LogP) is 3.59. The van der Waals surface area contributed by atoms with Crippen molar-refractivity contribution in [2.45, 2.75) is 25.2 Å². The average molecular weight is 276 g/mol. The van der Waals surface area contributed by atoms with E-state index in [4.69, 9.17) is 4.74 Å². The molecule has 0 heterocycles. The first-order valence-electron chi connectivity index (χ1n) is 5.86. The maximum atomic E-state index is 13.5. The van der Waals surface area contributed by atoms with Crippen LogP contribution in [-0.2, 0) is 0 Å². The summed E-state index contributed by atoms with van der Waals surface area (Å²) in [4.78, 5) is 10.4. The zero-order chi connectivity index (χ0) is 14.0. The summed E-state index contributed by atoms with van der Waals surface area (Å²) in [5.74, 6) is -5.77. The van der Waals surface area contributed by atoms with Gasteiger partial charge >= 0.3 is 0 Å². The highest BCUT2D eigenvalue weighted by molar-refractivity contribution is 5.75. The second-order valence-corrected chi connectivity index (χ2v) is 4.71. The number of aldehydes is 1. The lowest BCUT2D eigenvalue weighted by molar-refractivity contribution is 0.00279. The van der Waals surface area contributed by atoms with Gasteiger partial charge in [0.15, 0.2) is 17.4 Å². The number of halogens is 4. The van der Waals surface area contributed by atoms with E-state index in [1.54, 1.807) is 0 Å². The van der Waals surface area contributed by atoms with Crippen molar-refractivity contribution in [2.75, 3.05) is 6.61 Å². The molecule has 1 aliphatic rings. The van der Waals surface area contributed by atoms with Gasteiger partial charge in [-0.1, -0.05) is 0 Å². The molecular weight excluding hydrogens is 264 g/mol. The van der Waals surface area contributed by atoms with Gasteiger partial charge in [-0.15, -0.1) is 0 Å². The molecule has 1 saturated carbocycles. The Bertz CT molecular complexity index is 465. The van der Waals surface area contributed by atoms with Crippen molar-refractivity contribution in [3.63, 3.8) is 0 Å². The maximum Gasteiger partial charge on any atom is 0.248 e. The molecule has 104 valence electrons. The lowest BCUT2D eigenvalue weighted by Crippen LogP contribution is -2.14. The Balaban J connectivity index is 2.02. The van der Waals surface area contributed by atoms with Crippen LogP contribution in [0.2, 0.25) is 0 Å². The minimum absolute atomic E-state index is 0.144. The van der Waals surface area contributed by atoms with E-state index < -0.39 is 29.2 Å². The van der Waals surface area contributed by atoms with Crippen LogP contribution in [0.5, 0.6) is 5.75 Å². The Labute approximate surface area is 107 Å². The number of rotatable bonds is 4. The maximum absolute atomic E-state index is 13.5. The van der Waals surface area contributed by atoms with E-state index in [2.05, 4.69) is 0 Å². The van der Waals surface area contributed by atoms with Gasteiger partial charge in [-0.25, -0.2) is 17.6 Å². The molecular formula is C13H12F4O2. The highest BCUT2D eigenvalue weighted by atomic mass is 19.3. The Morgan fingerprint density at radius 3 is 2.42 bits per heavy atom. The second-order valence-electron chi connectivity index (χ2n) is 4.71. The highest BCUT2D eigenvalue weighted by Crippen LogP contribution is 2.39. The number of carbonyl (C=O) groups excluding carboxylic acids is 1. The summed E-state index contributed by atoms with van der Waals surface area (Å²) in [5, 5.41) is 0. The van der Waals surface area contributed by atoms with Gasteiger partial charge in [0.05, 0.1) is 6.61 Å². The van der Waals surface area contributed by atoms with Gasteiger partial charge in [-0.2, -0.15) is 0 Å². The fraction of sp³-hybridized carbons (Fsp3) is 0.462. The summed E-state index contributed by atoms with van der Waals surface area (Å²) in [6.07, 6.45) is 0.0227.